The van der Waals surface area contributed by atoms with E-state index in [9.17, 15) is 19.3 Å². The Labute approximate surface area is 143 Å². The van der Waals surface area contributed by atoms with Gasteiger partial charge in [0.15, 0.2) is 0 Å². The van der Waals surface area contributed by atoms with E-state index in [-0.39, 0.29) is 65.4 Å². The van der Waals surface area contributed by atoms with E-state index in [4.69, 9.17) is 29.5 Å². The van der Waals surface area contributed by atoms with Gasteiger partial charge in [0.05, 0.1) is 70.9 Å². The van der Waals surface area contributed by atoms with Crippen molar-refractivity contribution in [2.75, 3.05) is 46.2 Å². The fraction of sp³-hybridized carbons (Fsp3) is 0.786. The molecule has 0 aromatic heterocycles. The highest BCUT2D eigenvalue weighted by Crippen LogP contribution is 2.21. The summed E-state index contributed by atoms with van der Waals surface area (Å²) >= 11 is 0. The topological polar surface area (TPSA) is 169 Å². The Kier molecular flexibility index (Phi) is 12.1. The highest BCUT2D eigenvalue weighted by Gasteiger charge is 2.33. The van der Waals surface area contributed by atoms with Gasteiger partial charge >= 0.3 is 17.9 Å². The summed E-state index contributed by atoms with van der Waals surface area (Å²) in [5.74, 6) is -3.14. The molecule has 0 fully saturated rings. The van der Waals surface area contributed by atoms with Gasteiger partial charge in [-0.2, -0.15) is 4.91 Å². The van der Waals surface area contributed by atoms with Crippen molar-refractivity contribution in [3.8, 4) is 0 Å². The van der Waals surface area contributed by atoms with E-state index in [2.05, 4.69) is 5.18 Å². The number of carboxylic acids is 3. The molecule has 25 heavy (non-hydrogen) atoms. The highest BCUT2D eigenvalue weighted by molar-refractivity contribution is 5.67. The second-order valence-electron chi connectivity index (χ2n) is 5.38. The Morgan fingerprint density at radius 2 is 1.04 bits per heavy atom. The molecule has 0 amide bonds. The zero-order valence-corrected chi connectivity index (χ0v) is 13.7. The number of nitrogens with zero attached hydrogens (tertiary/aromatic N) is 1. The minimum absolute atomic E-state index is 0.0970. The van der Waals surface area contributed by atoms with Crippen LogP contribution in [-0.4, -0.2) is 79.4 Å². The number of carboxylic acid groups (broad SMARTS) is 3. The maximum Gasteiger partial charge on any atom is 0.305 e. The van der Waals surface area contributed by atoms with Crippen LogP contribution in [0.4, 0.5) is 0 Å². The van der Waals surface area contributed by atoms with E-state index in [1.807, 2.05) is 0 Å². The molecule has 0 aromatic rings. The van der Waals surface area contributed by atoms with Gasteiger partial charge in [0, 0.05) is 0 Å². The van der Waals surface area contributed by atoms with Gasteiger partial charge in [-0.05, 0) is 0 Å². The molecule has 0 aliphatic carbocycles. The van der Waals surface area contributed by atoms with Crippen LogP contribution in [0, 0.1) is 10.3 Å². The van der Waals surface area contributed by atoms with Crippen molar-refractivity contribution < 1.29 is 43.9 Å². The van der Waals surface area contributed by atoms with Crippen molar-refractivity contribution in [3.63, 3.8) is 0 Å². The zero-order chi connectivity index (χ0) is 19.1. The summed E-state index contributed by atoms with van der Waals surface area (Å²) in [5, 5.41) is 28.6. The van der Waals surface area contributed by atoms with Crippen LogP contribution >= 0.6 is 0 Å². The summed E-state index contributed by atoms with van der Waals surface area (Å²) in [4.78, 5) is 42.2. The summed E-state index contributed by atoms with van der Waals surface area (Å²) < 4.78 is 15.7. The van der Waals surface area contributed by atoms with Crippen molar-refractivity contribution >= 4 is 17.9 Å². The molecule has 0 radical (unpaired) electrons. The fourth-order valence-electron chi connectivity index (χ4n) is 1.74. The zero-order valence-electron chi connectivity index (χ0n) is 13.7. The monoisotopic (exact) mass is 365 g/mol. The van der Waals surface area contributed by atoms with Gasteiger partial charge in [-0.15, -0.1) is 0 Å². The summed E-state index contributed by atoms with van der Waals surface area (Å²) in [6, 6.07) is 0. The van der Waals surface area contributed by atoms with Crippen molar-refractivity contribution in [1.82, 2.24) is 0 Å². The van der Waals surface area contributed by atoms with Crippen LogP contribution in [0.2, 0.25) is 0 Å². The third kappa shape index (κ3) is 12.9. The molecule has 11 heteroatoms. The first-order valence-electron chi connectivity index (χ1n) is 7.49. The van der Waals surface area contributed by atoms with Crippen LogP contribution < -0.4 is 0 Å². The van der Waals surface area contributed by atoms with Crippen LogP contribution in [0.1, 0.15) is 19.3 Å². The highest BCUT2D eigenvalue weighted by atomic mass is 16.5. The molecule has 144 valence electrons. The minimum atomic E-state index is -1.06. The predicted octanol–water partition coefficient (Wildman–Crippen LogP) is 0.213. The average Bonchev–Trinajstić information content (AvgIpc) is 2.52. The maximum absolute atomic E-state index is 10.7. The third-order valence-electron chi connectivity index (χ3n) is 3.01. The number of ether oxygens (including phenoxy) is 3. The van der Waals surface area contributed by atoms with E-state index in [1.54, 1.807) is 0 Å². The Balaban J connectivity index is 4.65. The van der Waals surface area contributed by atoms with Crippen LogP contribution in [0.5, 0.6) is 0 Å². The number of rotatable bonds is 17. The molecule has 3 N–H and O–H groups in total. The van der Waals surface area contributed by atoms with Gasteiger partial charge in [-0.25, -0.2) is 0 Å². The van der Waals surface area contributed by atoms with Gasteiger partial charge in [-0.3, -0.25) is 14.4 Å². The number of hydrogen-bond acceptors (Lipinski definition) is 8. The van der Waals surface area contributed by atoms with Gasteiger partial charge in [0.25, 0.3) is 0 Å². The normalized spacial score (nSPS) is 11.2. The van der Waals surface area contributed by atoms with Crippen molar-refractivity contribution in [3.05, 3.63) is 4.91 Å². The molecule has 0 aliphatic heterocycles. The Hall–Kier alpha value is -2.11. The molecule has 0 aromatic carbocycles. The number of carbonyl (C=O) groups is 3. The number of nitroso groups, excluding NO2 is 1. The van der Waals surface area contributed by atoms with Gasteiger partial charge in [0.2, 0.25) is 0 Å². The molecule has 0 saturated carbocycles. The van der Waals surface area contributed by atoms with Crippen LogP contribution in [-0.2, 0) is 28.6 Å². The lowest BCUT2D eigenvalue weighted by Crippen LogP contribution is -2.40. The Bertz CT molecular complexity index is 384. The van der Waals surface area contributed by atoms with E-state index in [0.29, 0.717) is 0 Å². The van der Waals surface area contributed by atoms with Crippen LogP contribution in [0.3, 0.4) is 0 Å². The van der Waals surface area contributed by atoms with E-state index in [0.717, 1.165) is 0 Å². The Morgan fingerprint density at radius 3 is 1.28 bits per heavy atom. The lowest BCUT2D eigenvalue weighted by atomic mass is 9.91. The summed E-state index contributed by atoms with van der Waals surface area (Å²) in [6.45, 7) is -0.884. The van der Waals surface area contributed by atoms with Gasteiger partial charge in [-0.1, -0.05) is 5.18 Å². The first-order chi connectivity index (χ1) is 11.8. The molecule has 11 nitrogen and oxygen atoms in total. The molecule has 0 rings (SSSR count). The predicted molar refractivity (Wildman–Crippen MR) is 82.3 cm³/mol. The number of hydrogen-bond donors (Lipinski definition) is 3. The third-order valence-corrected chi connectivity index (χ3v) is 3.01. The molecule has 0 unspecified atom stereocenters. The first kappa shape index (κ1) is 22.9. The lowest BCUT2D eigenvalue weighted by Gasteiger charge is -2.30. The first-order valence-corrected chi connectivity index (χ1v) is 7.49. The van der Waals surface area contributed by atoms with E-state index < -0.39 is 23.3 Å². The van der Waals surface area contributed by atoms with Crippen molar-refractivity contribution in [2.24, 2.45) is 10.6 Å². The summed E-state index contributed by atoms with van der Waals surface area (Å²) in [7, 11) is 0. The summed E-state index contributed by atoms with van der Waals surface area (Å²) in [5.41, 5.74) is -1.06. The molecular formula is C14H23NO10. The molecule has 0 saturated heterocycles. The maximum atomic E-state index is 10.7. The summed E-state index contributed by atoms with van der Waals surface area (Å²) in [6.07, 6.45) is -0.695. The second kappa shape index (κ2) is 13.2. The molecule has 0 bridgehead atoms. The molecule has 0 heterocycles. The number of aliphatic carboxylic acids is 3. The molecule has 0 aliphatic rings. The Morgan fingerprint density at radius 1 is 0.720 bits per heavy atom. The van der Waals surface area contributed by atoms with E-state index >= 15 is 0 Å². The van der Waals surface area contributed by atoms with Crippen molar-refractivity contribution in [2.45, 2.75) is 19.3 Å². The fourth-order valence-corrected chi connectivity index (χ4v) is 1.74. The largest absolute Gasteiger partial charge is 0.481 e. The van der Waals surface area contributed by atoms with Crippen LogP contribution in [0.25, 0.3) is 0 Å². The lowest BCUT2D eigenvalue weighted by molar-refractivity contribution is -0.139. The molecular weight excluding hydrogens is 342 g/mol. The van der Waals surface area contributed by atoms with Gasteiger partial charge < -0.3 is 29.5 Å². The van der Waals surface area contributed by atoms with E-state index in [1.165, 1.54) is 0 Å². The average molecular weight is 365 g/mol. The molecule has 0 spiro atoms. The molecule has 0 atom stereocenters. The standard InChI is InChI=1S/C14H23NO10/c16-11(17)1-4-23-8-14(7-15-22,9-24-5-2-12(18)19)10-25-6-3-13(20)21/h1-10H2,(H,16,17)(H,18,19)(H,20,21). The SMILES string of the molecule is O=NCC(COCCC(=O)O)(COCCC(=O)O)COCCC(=O)O. The van der Waals surface area contributed by atoms with Gasteiger partial charge in [0.1, 0.15) is 0 Å². The minimum Gasteiger partial charge on any atom is -0.481 e. The quantitative estimate of drug-likeness (QED) is 0.239. The van der Waals surface area contributed by atoms with Crippen LogP contribution in [0.15, 0.2) is 5.18 Å². The van der Waals surface area contributed by atoms with Crippen molar-refractivity contribution in [1.29, 1.82) is 0 Å². The smallest absolute Gasteiger partial charge is 0.305 e. The second-order valence-corrected chi connectivity index (χ2v) is 5.38.